The second-order valence-corrected chi connectivity index (χ2v) is 10.2. The van der Waals surface area contributed by atoms with Crippen molar-refractivity contribution >= 4 is 17.7 Å². The summed E-state index contributed by atoms with van der Waals surface area (Å²) in [6.45, 7) is 5.97. The highest BCUT2D eigenvalue weighted by Crippen LogP contribution is 2.21. The Kier molecular flexibility index (Phi) is 8.53. The van der Waals surface area contributed by atoms with Gasteiger partial charge in [-0.05, 0) is 44.4 Å². The van der Waals surface area contributed by atoms with Crippen molar-refractivity contribution in [1.29, 1.82) is 0 Å². The molecule has 2 aromatic carbocycles. The average Bonchev–Trinajstić information content (AvgIpc) is 3.24. The molecule has 2 aliphatic rings. The molecule has 9 heteroatoms. The molecule has 2 aliphatic heterocycles. The SMILES string of the molecule is CC(C)N1CC(C(=O)NC(Cc2cc(F)cc(F)c2)C[C@@H]2NCC[N+](Cc3ccccc3)=C2O)CC1=O. The summed E-state index contributed by atoms with van der Waals surface area (Å²) in [7, 11) is 0. The van der Waals surface area contributed by atoms with Gasteiger partial charge in [0.2, 0.25) is 11.8 Å². The van der Waals surface area contributed by atoms with Crippen molar-refractivity contribution in [3.63, 3.8) is 0 Å². The van der Waals surface area contributed by atoms with Crippen LogP contribution in [0.25, 0.3) is 0 Å². The number of nitrogens with zero attached hydrogens (tertiary/aromatic N) is 2. The summed E-state index contributed by atoms with van der Waals surface area (Å²) >= 11 is 0. The second kappa shape index (κ2) is 11.8. The maximum absolute atomic E-state index is 13.9. The van der Waals surface area contributed by atoms with Gasteiger partial charge in [-0.25, -0.2) is 8.78 Å². The molecule has 0 aromatic heterocycles. The molecule has 1 saturated heterocycles. The Morgan fingerprint density at radius 1 is 1.16 bits per heavy atom. The number of benzene rings is 2. The molecule has 2 aromatic rings. The molecule has 2 amide bonds. The van der Waals surface area contributed by atoms with E-state index < -0.39 is 29.6 Å². The summed E-state index contributed by atoms with van der Waals surface area (Å²) in [5, 5.41) is 17.4. The van der Waals surface area contributed by atoms with Crippen molar-refractivity contribution in [3.05, 3.63) is 71.3 Å². The summed E-state index contributed by atoms with van der Waals surface area (Å²) in [6, 6.07) is 12.2. The third-order valence-corrected chi connectivity index (χ3v) is 7.05. The number of aliphatic hydroxyl groups is 1. The lowest BCUT2D eigenvalue weighted by Crippen LogP contribution is -2.53. The van der Waals surface area contributed by atoms with Gasteiger partial charge >= 0.3 is 5.90 Å². The van der Waals surface area contributed by atoms with Gasteiger partial charge in [0.15, 0.2) is 13.1 Å². The van der Waals surface area contributed by atoms with Gasteiger partial charge in [-0.1, -0.05) is 30.3 Å². The average molecular weight is 514 g/mol. The van der Waals surface area contributed by atoms with Crippen LogP contribution >= 0.6 is 0 Å². The third kappa shape index (κ3) is 6.91. The molecule has 7 nitrogen and oxygen atoms in total. The van der Waals surface area contributed by atoms with Crippen LogP contribution in [0.4, 0.5) is 8.78 Å². The van der Waals surface area contributed by atoms with E-state index in [-0.39, 0.29) is 36.6 Å². The van der Waals surface area contributed by atoms with Gasteiger partial charge in [0.05, 0.1) is 12.5 Å². The molecule has 0 spiro atoms. The first-order valence-corrected chi connectivity index (χ1v) is 12.8. The second-order valence-electron chi connectivity index (χ2n) is 10.2. The van der Waals surface area contributed by atoms with E-state index in [9.17, 15) is 23.5 Å². The molecule has 3 N–H and O–H groups in total. The Morgan fingerprint density at radius 2 is 1.86 bits per heavy atom. The summed E-state index contributed by atoms with van der Waals surface area (Å²) in [5.74, 6) is -2.03. The molecular weight excluding hydrogens is 478 g/mol. The number of carbonyl (C=O) groups excluding carboxylic acids is 2. The molecule has 3 atom stereocenters. The van der Waals surface area contributed by atoms with E-state index in [1.807, 2.05) is 48.8 Å². The monoisotopic (exact) mass is 513 g/mol. The van der Waals surface area contributed by atoms with Gasteiger partial charge in [-0.3, -0.25) is 14.9 Å². The Morgan fingerprint density at radius 3 is 2.51 bits per heavy atom. The van der Waals surface area contributed by atoms with Crippen LogP contribution in [0.2, 0.25) is 0 Å². The molecule has 198 valence electrons. The molecule has 0 radical (unpaired) electrons. The van der Waals surface area contributed by atoms with Crippen LogP contribution in [-0.4, -0.2) is 70.1 Å². The summed E-state index contributed by atoms with van der Waals surface area (Å²) < 4.78 is 29.7. The fraction of sp³-hybridized carbons (Fsp3) is 0.464. The van der Waals surface area contributed by atoms with Gasteiger partial charge in [0, 0.05) is 36.7 Å². The molecule has 1 fully saturated rings. The summed E-state index contributed by atoms with van der Waals surface area (Å²) in [6.07, 6.45) is 0.629. The van der Waals surface area contributed by atoms with E-state index in [0.29, 0.717) is 38.2 Å². The van der Waals surface area contributed by atoms with Crippen molar-refractivity contribution in [3.8, 4) is 0 Å². The predicted molar refractivity (Wildman–Crippen MR) is 136 cm³/mol. The number of carbonyl (C=O) groups is 2. The maximum atomic E-state index is 13.9. The van der Waals surface area contributed by atoms with Gasteiger partial charge in [0.1, 0.15) is 17.7 Å². The van der Waals surface area contributed by atoms with Crippen LogP contribution < -0.4 is 10.6 Å². The molecule has 2 unspecified atom stereocenters. The quantitative estimate of drug-likeness (QED) is 0.451. The summed E-state index contributed by atoms with van der Waals surface area (Å²) in [4.78, 5) is 27.2. The van der Waals surface area contributed by atoms with Crippen molar-refractivity contribution in [2.45, 2.75) is 57.8 Å². The molecule has 0 aliphatic carbocycles. The largest absolute Gasteiger partial charge is 0.462 e. The van der Waals surface area contributed by atoms with Crippen molar-refractivity contribution in [2.75, 3.05) is 19.6 Å². The van der Waals surface area contributed by atoms with Crippen molar-refractivity contribution in [1.82, 2.24) is 15.5 Å². The highest BCUT2D eigenvalue weighted by Gasteiger charge is 2.37. The molecular formula is C28H35F2N4O3+. The lowest BCUT2D eigenvalue weighted by atomic mass is 9.96. The number of nitrogens with one attached hydrogen (secondary N) is 2. The Balaban J connectivity index is 1.52. The minimum atomic E-state index is -0.687. The third-order valence-electron chi connectivity index (χ3n) is 7.05. The zero-order valence-corrected chi connectivity index (χ0v) is 21.3. The minimum absolute atomic E-state index is 0.00458. The smallest absolute Gasteiger partial charge is 0.351 e. The first-order valence-electron chi connectivity index (χ1n) is 12.8. The zero-order chi connectivity index (χ0) is 26.5. The molecule has 4 rings (SSSR count). The molecule has 0 bridgehead atoms. The number of rotatable bonds is 9. The number of amides is 2. The number of hydrogen-bond acceptors (Lipinski definition) is 3. The Labute approximate surface area is 216 Å². The maximum Gasteiger partial charge on any atom is 0.351 e. The Hall–Kier alpha value is -3.33. The number of hydrogen-bond donors (Lipinski definition) is 3. The first-order chi connectivity index (χ1) is 17.7. The standard InChI is InChI=1S/C28H34F2N4O3/c1-18(2)34-17-21(13-26(34)35)27(36)32-24(12-20-10-22(29)14-23(30)11-20)15-25-28(37)33(9-8-31-25)16-19-6-4-3-5-7-19/h3-7,10-11,14,18,21,24-25,31H,8-9,12-13,15-17H2,1-2H3,(H,32,36)/p+1/t21?,24?,25-/m0/s1. The van der Waals surface area contributed by atoms with Crippen LogP contribution in [0.3, 0.4) is 0 Å². The van der Waals surface area contributed by atoms with E-state index in [2.05, 4.69) is 10.6 Å². The van der Waals surface area contributed by atoms with Crippen LogP contribution in [0, 0.1) is 17.6 Å². The van der Waals surface area contributed by atoms with Crippen molar-refractivity contribution in [2.24, 2.45) is 5.92 Å². The van der Waals surface area contributed by atoms with Gasteiger partial charge in [-0.2, -0.15) is 4.58 Å². The predicted octanol–water partition coefficient (Wildman–Crippen LogP) is 2.78. The zero-order valence-electron chi connectivity index (χ0n) is 21.3. The van der Waals surface area contributed by atoms with Gasteiger partial charge in [0.25, 0.3) is 0 Å². The molecule has 0 saturated carbocycles. The van der Waals surface area contributed by atoms with E-state index in [4.69, 9.17) is 0 Å². The van der Waals surface area contributed by atoms with Crippen LogP contribution in [0.15, 0.2) is 48.5 Å². The lowest BCUT2D eigenvalue weighted by Gasteiger charge is -2.27. The van der Waals surface area contributed by atoms with Crippen LogP contribution in [0.1, 0.15) is 37.8 Å². The fourth-order valence-electron chi connectivity index (χ4n) is 5.17. The fourth-order valence-corrected chi connectivity index (χ4v) is 5.17. The van der Waals surface area contributed by atoms with Crippen LogP contribution in [0.5, 0.6) is 0 Å². The van der Waals surface area contributed by atoms with Gasteiger partial charge in [-0.15, -0.1) is 0 Å². The van der Waals surface area contributed by atoms with Crippen LogP contribution in [-0.2, 0) is 22.6 Å². The van der Waals surface area contributed by atoms with Gasteiger partial charge < -0.3 is 15.3 Å². The summed E-state index contributed by atoms with van der Waals surface area (Å²) in [5.41, 5.74) is 1.47. The number of likely N-dealkylation sites (tertiary alicyclic amines) is 1. The van der Waals surface area contributed by atoms with E-state index in [0.717, 1.165) is 11.6 Å². The minimum Gasteiger partial charge on any atom is -0.462 e. The Bertz CT molecular complexity index is 1140. The molecule has 37 heavy (non-hydrogen) atoms. The number of aliphatic hydroxyl groups excluding tert-OH is 1. The number of halogens is 2. The lowest BCUT2D eigenvalue weighted by molar-refractivity contribution is -0.555. The van der Waals surface area contributed by atoms with E-state index in [1.54, 1.807) is 4.90 Å². The topological polar surface area (TPSA) is 84.7 Å². The highest BCUT2D eigenvalue weighted by atomic mass is 19.1. The normalized spacial score (nSPS) is 21.0. The van der Waals surface area contributed by atoms with Crippen molar-refractivity contribution < 1.29 is 28.1 Å². The highest BCUT2D eigenvalue weighted by molar-refractivity contribution is 5.89. The molecule has 2 heterocycles. The van der Waals surface area contributed by atoms with E-state index >= 15 is 0 Å². The first kappa shape index (κ1) is 26.7. The van der Waals surface area contributed by atoms with E-state index in [1.165, 1.54) is 12.1 Å².